The van der Waals surface area contributed by atoms with Crippen LogP contribution in [0.3, 0.4) is 0 Å². The van der Waals surface area contributed by atoms with E-state index in [1.54, 1.807) is 0 Å². The molecule has 0 radical (unpaired) electrons. The van der Waals surface area contributed by atoms with Crippen LogP contribution in [0, 0.1) is 0 Å². The molecule has 14 heavy (non-hydrogen) atoms. The summed E-state index contributed by atoms with van der Waals surface area (Å²) in [6.45, 7) is 3.33. The van der Waals surface area contributed by atoms with Crippen LogP contribution in [0.4, 0.5) is 0 Å². The van der Waals surface area contributed by atoms with Gasteiger partial charge in [0.15, 0.2) is 0 Å². The standard InChI is InChI=1S/C9H8ClN3S/c1-11-12-9-13(2)7-5-3-4-6(10)8(7)14-9/h3-5H,1H2,2H3/b12-9+. The van der Waals surface area contributed by atoms with Gasteiger partial charge in [-0.05, 0) is 12.1 Å². The lowest BCUT2D eigenvalue weighted by Gasteiger charge is -1.94. The zero-order valence-corrected chi connectivity index (χ0v) is 9.14. The molecule has 1 heterocycles. The second kappa shape index (κ2) is 3.55. The van der Waals surface area contributed by atoms with Crippen molar-refractivity contribution in [3.63, 3.8) is 0 Å². The lowest BCUT2D eigenvalue weighted by molar-refractivity contribution is 0.890. The highest BCUT2D eigenvalue weighted by Gasteiger charge is 2.04. The first-order chi connectivity index (χ1) is 6.74. The van der Waals surface area contributed by atoms with Crippen LogP contribution in [0.2, 0.25) is 5.02 Å². The van der Waals surface area contributed by atoms with Gasteiger partial charge in [0.25, 0.3) is 0 Å². The molecular formula is C9H8ClN3S. The molecule has 72 valence electrons. The first-order valence-electron chi connectivity index (χ1n) is 3.98. The monoisotopic (exact) mass is 225 g/mol. The Morgan fingerprint density at radius 2 is 2.29 bits per heavy atom. The number of halogens is 1. The van der Waals surface area contributed by atoms with Crippen molar-refractivity contribution in [2.45, 2.75) is 0 Å². The fraction of sp³-hybridized carbons (Fsp3) is 0.111. The van der Waals surface area contributed by atoms with E-state index in [0.717, 1.165) is 20.0 Å². The predicted molar refractivity (Wildman–Crippen MR) is 60.9 cm³/mol. The fourth-order valence-corrected chi connectivity index (χ4v) is 2.55. The maximum atomic E-state index is 6.05. The molecule has 3 nitrogen and oxygen atoms in total. The minimum atomic E-state index is 0.744. The summed E-state index contributed by atoms with van der Waals surface area (Å²) < 4.78 is 2.97. The van der Waals surface area contributed by atoms with Crippen molar-refractivity contribution in [1.82, 2.24) is 4.57 Å². The highest BCUT2D eigenvalue weighted by atomic mass is 35.5. The van der Waals surface area contributed by atoms with Crippen molar-refractivity contribution in [1.29, 1.82) is 0 Å². The highest BCUT2D eigenvalue weighted by molar-refractivity contribution is 7.17. The smallest absolute Gasteiger partial charge is 0.211 e. The number of thiazole rings is 1. The Morgan fingerprint density at radius 3 is 2.93 bits per heavy atom. The van der Waals surface area contributed by atoms with E-state index in [9.17, 15) is 0 Å². The first-order valence-corrected chi connectivity index (χ1v) is 5.17. The SMILES string of the molecule is C=N/N=c1/sc2c(Cl)cccc2n1C. The molecule has 0 saturated heterocycles. The number of aryl methyl sites for hydroxylation is 1. The van der Waals surface area contributed by atoms with Gasteiger partial charge in [-0.15, -0.1) is 5.10 Å². The van der Waals surface area contributed by atoms with Crippen molar-refractivity contribution in [3.05, 3.63) is 28.0 Å². The van der Waals surface area contributed by atoms with Crippen LogP contribution in [-0.4, -0.2) is 11.3 Å². The summed E-state index contributed by atoms with van der Waals surface area (Å²) in [7, 11) is 1.93. The molecule has 2 aromatic rings. The lowest BCUT2D eigenvalue weighted by Crippen LogP contribution is -2.08. The van der Waals surface area contributed by atoms with Gasteiger partial charge in [0.1, 0.15) is 0 Å². The summed E-state index contributed by atoms with van der Waals surface area (Å²) >= 11 is 7.56. The summed E-state index contributed by atoms with van der Waals surface area (Å²) in [6.07, 6.45) is 0. The van der Waals surface area contributed by atoms with E-state index in [4.69, 9.17) is 11.6 Å². The zero-order chi connectivity index (χ0) is 10.1. The quantitative estimate of drug-likeness (QED) is 0.527. The van der Waals surface area contributed by atoms with Crippen molar-refractivity contribution in [2.24, 2.45) is 17.3 Å². The summed E-state index contributed by atoms with van der Waals surface area (Å²) in [4.78, 5) is 0.795. The molecule has 0 saturated carbocycles. The largest absolute Gasteiger partial charge is 0.318 e. The molecule has 0 aliphatic rings. The van der Waals surface area contributed by atoms with Gasteiger partial charge in [0.05, 0.1) is 15.2 Å². The maximum Gasteiger partial charge on any atom is 0.211 e. The Kier molecular flexibility index (Phi) is 2.39. The molecule has 0 aliphatic heterocycles. The molecule has 1 aromatic carbocycles. The maximum absolute atomic E-state index is 6.05. The van der Waals surface area contributed by atoms with E-state index < -0.39 is 0 Å². The van der Waals surface area contributed by atoms with Crippen molar-refractivity contribution < 1.29 is 0 Å². The second-order valence-electron chi connectivity index (χ2n) is 2.77. The van der Waals surface area contributed by atoms with Crippen molar-refractivity contribution in [3.8, 4) is 0 Å². The second-order valence-corrected chi connectivity index (χ2v) is 4.16. The summed E-state index contributed by atoms with van der Waals surface area (Å²) in [5.74, 6) is 0. The number of nitrogens with zero attached hydrogens (tertiary/aromatic N) is 3. The van der Waals surface area contributed by atoms with Gasteiger partial charge in [-0.25, -0.2) is 0 Å². The van der Waals surface area contributed by atoms with E-state index in [2.05, 4.69) is 16.9 Å². The lowest BCUT2D eigenvalue weighted by atomic mass is 10.3. The average Bonchev–Trinajstić information content (AvgIpc) is 2.48. The molecule has 0 aliphatic carbocycles. The van der Waals surface area contributed by atoms with Gasteiger partial charge in [0.2, 0.25) is 4.80 Å². The van der Waals surface area contributed by atoms with Gasteiger partial charge < -0.3 is 4.57 Å². The number of hydrogen-bond acceptors (Lipinski definition) is 3. The molecule has 0 spiro atoms. The molecule has 1 aromatic heterocycles. The molecule has 0 atom stereocenters. The molecule has 0 unspecified atom stereocenters. The van der Waals surface area contributed by atoms with Gasteiger partial charge in [0, 0.05) is 13.8 Å². The summed E-state index contributed by atoms with van der Waals surface area (Å²) in [6, 6.07) is 5.79. The van der Waals surface area contributed by atoms with Gasteiger partial charge in [-0.2, -0.15) is 5.10 Å². The molecule has 0 N–H and O–H groups in total. The Balaban J connectivity index is 2.93. The number of rotatable bonds is 1. The Morgan fingerprint density at radius 1 is 1.50 bits per heavy atom. The minimum Gasteiger partial charge on any atom is -0.318 e. The van der Waals surface area contributed by atoms with Gasteiger partial charge in [-0.3, -0.25) is 0 Å². The van der Waals surface area contributed by atoms with E-state index in [1.807, 2.05) is 29.8 Å². The molecule has 5 heteroatoms. The van der Waals surface area contributed by atoms with Gasteiger partial charge >= 0.3 is 0 Å². The summed E-state index contributed by atoms with van der Waals surface area (Å²) in [5.41, 5.74) is 1.06. The molecule has 0 bridgehead atoms. The molecule has 0 amide bonds. The van der Waals surface area contributed by atoms with E-state index >= 15 is 0 Å². The Bertz CT molecular complexity index is 553. The molecule has 0 fully saturated rings. The fourth-order valence-electron chi connectivity index (χ4n) is 1.27. The predicted octanol–water partition coefficient (Wildman–Crippen LogP) is 2.41. The average molecular weight is 226 g/mol. The summed E-state index contributed by atoms with van der Waals surface area (Å²) in [5, 5.41) is 8.18. The van der Waals surface area contributed by atoms with Crippen LogP contribution >= 0.6 is 22.9 Å². The molecule has 2 rings (SSSR count). The number of aromatic nitrogens is 1. The Labute approximate surface area is 90.0 Å². The first kappa shape index (κ1) is 9.43. The highest BCUT2D eigenvalue weighted by Crippen LogP contribution is 2.25. The van der Waals surface area contributed by atoms with Crippen LogP contribution < -0.4 is 4.80 Å². The third-order valence-corrected chi connectivity index (χ3v) is 3.54. The normalized spacial score (nSPS) is 12.3. The van der Waals surface area contributed by atoms with E-state index in [-0.39, 0.29) is 0 Å². The van der Waals surface area contributed by atoms with Crippen LogP contribution in [0.1, 0.15) is 0 Å². The van der Waals surface area contributed by atoms with Crippen molar-refractivity contribution >= 4 is 39.9 Å². The van der Waals surface area contributed by atoms with E-state index in [1.165, 1.54) is 11.3 Å². The van der Waals surface area contributed by atoms with Gasteiger partial charge in [-0.1, -0.05) is 29.0 Å². The van der Waals surface area contributed by atoms with Crippen molar-refractivity contribution in [2.75, 3.05) is 0 Å². The number of benzene rings is 1. The molecular weight excluding hydrogens is 218 g/mol. The minimum absolute atomic E-state index is 0.744. The Hall–Kier alpha value is -1.13. The van der Waals surface area contributed by atoms with Crippen LogP contribution in [0.15, 0.2) is 28.4 Å². The van der Waals surface area contributed by atoms with Crippen LogP contribution in [0.5, 0.6) is 0 Å². The zero-order valence-electron chi connectivity index (χ0n) is 7.57. The van der Waals surface area contributed by atoms with Crippen LogP contribution in [0.25, 0.3) is 10.2 Å². The topological polar surface area (TPSA) is 29.6 Å². The van der Waals surface area contributed by atoms with E-state index in [0.29, 0.717) is 0 Å². The van der Waals surface area contributed by atoms with Crippen LogP contribution in [-0.2, 0) is 7.05 Å². The third-order valence-electron chi connectivity index (χ3n) is 1.94. The third kappa shape index (κ3) is 1.36. The number of fused-ring (bicyclic) bond motifs is 1. The number of hydrogen-bond donors (Lipinski definition) is 0.